The number of nitrogens with one attached hydrogen (secondary N) is 1. The maximum atomic E-state index is 13.9. The van der Waals surface area contributed by atoms with Gasteiger partial charge < -0.3 is 19.7 Å². The second kappa shape index (κ2) is 10.1. The van der Waals surface area contributed by atoms with Crippen molar-refractivity contribution in [1.29, 1.82) is 0 Å². The maximum Gasteiger partial charge on any atom is 0.227 e. The molecule has 1 unspecified atom stereocenters. The fraction of sp³-hybridized carbons (Fsp3) is 0.652. The van der Waals surface area contributed by atoms with E-state index in [0.717, 1.165) is 32.4 Å². The third kappa shape index (κ3) is 5.25. The molecule has 3 aliphatic heterocycles. The topological polar surface area (TPSA) is 71.1 Å². The zero-order valence-electron chi connectivity index (χ0n) is 18.0. The Kier molecular flexibility index (Phi) is 7.20. The van der Waals surface area contributed by atoms with Crippen LogP contribution in [0.4, 0.5) is 4.39 Å². The molecular formula is C23H32FN3O4. The highest BCUT2D eigenvalue weighted by atomic mass is 19.1. The van der Waals surface area contributed by atoms with E-state index in [-0.39, 0.29) is 35.5 Å². The summed E-state index contributed by atoms with van der Waals surface area (Å²) in [7, 11) is 0. The Labute approximate surface area is 182 Å². The molecule has 3 saturated heterocycles. The van der Waals surface area contributed by atoms with Gasteiger partial charge in [0.25, 0.3) is 0 Å². The van der Waals surface area contributed by atoms with E-state index in [0.29, 0.717) is 51.6 Å². The van der Waals surface area contributed by atoms with Crippen molar-refractivity contribution in [2.75, 3.05) is 59.2 Å². The molecule has 0 aliphatic carbocycles. The van der Waals surface area contributed by atoms with E-state index in [1.165, 1.54) is 6.07 Å². The predicted octanol–water partition coefficient (Wildman–Crippen LogP) is 1.21. The highest BCUT2D eigenvalue weighted by Crippen LogP contribution is 2.28. The zero-order valence-corrected chi connectivity index (χ0v) is 18.0. The smallest absolute Gasteiger partial charge is 0.227 e. The number of hydrogen-bond donors (Lipinski definition) is 1. The van der Waals surface area contributed by atoms with Crippen LogP contribution in [0, 0.1) is 11.7 Å². The molecule has 0 radical (unpaired) electrons. The van der Waals surface area contributed by atoms with Crippen LogP contribution in [0.1, 0.15) is 24.8 Å². The highest BCUT2D eigenvalue weighted by Gasteiger charge is 2.42. The van der Waals surface area contributed by atoms with Gasteiger partial charge in [0.2, 0.25) is 11.8 Å². The number of ether oxygens (including phenoxy) is 2. The molecule has 1 atom stereocenters. The van der Waals surface area contributed by atoms with Gasteiger partial charge in [-0.15, -0.1) is 0 Å². The van der Waals surface area contributed by atoms with Crippen molar-refractivity contribution in [3.05, 3.63) is 35.6 Å². The summed E-state index contributed by atoms with van der Waals surface area (Å²) in [6.45, 7) is 5.77. The SMILES string of the molecule is O=C(NCC1(N2CCN(C(=O)Cc3ccccc3F)CC2)CCOC1)C1CCOCC1. The number of benzene rings is 1. The molecule has 7 nitrogen and oxygen atoms in total. The lowest BCUT2D eigenvalue weighted by Gasteiger charge is -2.45. The number of carbonyl (C=O) groups excluding carboxylic acids is 2. The number of piperazine rings is 1. The van der Waals surface area contributed by atoms with Crippen LogP contribution in [0.5, 0.6) is 0 Å². The molecule has 3 aliphatic rings. The van der Waals surface area contributed by atoms with E-state index in [1.54, 1.807) is 18.2 Å². The Hall–Kier alpha value is -2.03. The molecule has 1 aromatic rings. The first kappa shape index (κ1) is 22.2. The molecule has 0 bridgehead atoms. The van der Waals surface area contributed by atoms with Crippen LogP contribution in [0.25, 0.3) is 0 Å². The average molecular weight is 434 g/mol. The molecule has 2 amide bonds. The van der Waals surface area contributed by atoms with Gasteiger partial charge in [0.05, 0.1) is 18.6 Å². The van der Waals surface area contributed by atoms with Crippen molar-refractivity contribution in [3.8, 4) is 0 Å². The van der Waals surface area contributed by atoms with Gasteiger partial charge in [-0.3, -0.25) is 14.5 Å². The molecule has 0 spiro atoms. The van der Waals surface area contributed by atoms with Gasteiger partial charge >= 0.3 is 0 Å². The lowest BCUT2D eigenvalue weighted by Crippen LogP contribution is -2.62. The molecule has 0 aromatic heterocycles. The zero-order chi connectivity index (χ0) is 21.7. The first-order valence-electron chi connectivity index (χ1n) is 11.3. The van der Waals surface area contributed by atoms with Crippen LogP contribution in [-0.4, -0.2) is 86.3 Å². The van der Waals surface area contributed by atoms with Gasteiger partial charge in [0.15, 0.2) is 0 Å². The largest absolute Gasteiger partial charge is 0.381 e. The monoisotopic (exact) mass is 433 g/mol. The van der Waals surface area contributed by atoms with Crippen molar-refractivity contribution in [3.63, 3.8) is 0 Å². The lowest BCUT2D eigenvalue weighted by molar-refractivity contribution is -0.133. The van der Waals surface area contributed by atoms with Crippen LogP contribution in [-0.2, 0) is 25.5 Å². The van der Waals surface area contributed by atoms with E-state index in [4.69, 9.17) is 9.47 Å². The first-order chi connectivity index (χ1) is 15.1. The number of halogens is 1. The average Bonchev–Trinajstić information content (AvgIpc) is 3.30. The summed E-state index contributed by atoms with van der Waals surface area (Å²) in [6.07, 6.45) is 2.50. The Morgan fingerprint density at radius 1 is 1.06 bits per heavy atom. The van der Waals surface area contributed by atoms with Crippen molar-refractivity contribution in [1.82, 2.24) is 15.1 Å². The van der Waals surface area contributed by atoms with Gasteiger partial charge in [-0.2, -0.15) is 0 Å². The predicted molar refractivity (Wildman–Crippen MR) is 113 cm³/mol. The second-order valence-corrected chi connectivity index (χ2v) is 8.77. The Balaban J connectivity index is 1.30. The van der Waals surface area contributed by atoms with Crippen molar-refractivity contribution < 1.29 is 23.5 Å². The molecule has 0 saturated carbocycles. The summed E-state index contributed by atoms with van der Waals surface area (Å²) in [5, 5.41) is 3.17. The van der Waals surface area contributed by atoms with E-state index in [1.807, 2.05) is 4.90 Å². The quantitative estimate of drug-likeness (QED) is 0.731. The minimum atomic E-state index is -0.336. The summed E-state index contributed by atoms with van der Waals surface area (Å²) in [5.41, 5.74) is 0.216. The van der Waals surface area contributed by atoms with Gasteiger partial charge in [0.1, 0.15) is 5.82 Å². The summed E-state index contributed by atoms with van der Waals surface area (Å²) < 4.78 is 25.0. The minimum absolute atomic E-state index is 0.0287. The van der Waals surface area contributed by atoms with Crippen molar-refractivity contribution >= 4 is 11.8 Å². The van der Waals surface area contributed by atoms with E-state index < -0.39 is 0 Å². The van der Waals surface area contributed by atoms with Crippen LogP contribution in [0.3, 0.4) is 0 Å². The highest BCUT2D eigenvalue weighted by molar-refractivity contribution is 5.79. The molecular weight excluding hydrogens is 401 g/mol. The van der Waals surface area contributed by atoms with Crippen LogP contribution in [0.2, 0.25) is 0 Å². The van der Waals surface area contributed by atoms with Crippen LogP contribution < -0.4 is 5.32 Å². The molecule has 170 valence electrons. The van der Waals surface area contributed by atoms with E-state index >= 15 is 0 Å². The molecule has 1 aromatic carbocycles. The normalized spacial score (nSPS) is 25.5. The molecule has 31 heavy (non-hydrogen) atoms. The van der Waals surface area contributed by atoms with Crippen LogP contribution in [0.15, 0.2) is 24.3 Å². The third-order valence-electron chi connectivity index (χ3n) is 6.87. The summed E-state index contributed by atoms with van der Waals surface area (Å²) in [6, 6.07) is 6.43. The summed E-state index contributed by atoms with van der Waals surface area (Å²) in [4.78, 5) is 29.5. The minimum Gasteiger partial charge on any atom is -0.381 e. The number of nitrogens with zero attached hydrogens (tertiary/aromatic N) is 2. The number of rotatable bonds is 6. The molecule has 3 heterocycles. The summed E-state index contributed by atoms with van der Waals surface area (Å²) in [5.74, 6) is -0.250. The van der Waals surface area contributed by atoms with E-state index in [2.05, 4.69) is 10.2 Å². The molecule has 8 heteroatoms. The molecule has 3 fully saturated rings. The van der Waals surface area contributed by atoms with Crippen LogP contribution >= 0.6 is 0 Å². The first-order valence-corrected chi connectivity index (χ1v) is 11.3. The van der Waals surface area contributed by atoms with Crippen molar-refractivity contribution in [2.45, 2.75) is 31.2 Å². The van der Waals surface area contributed by atoms with Gasteiger partial charge in [-0.25, -0.2) is 4.39 Å². The Morgan fingerprint density at radius 2 is 1.81 bits per heavy atom. The fourth-order valence-corrected chi connectivity index (χ4v) is 4.80. The summed E-state index contributed by atoms with van der Waals surface area (Å²) >= 11 is 0. The fourth-order valence-electron chi connectivity index (χ4n) is 4.80. The van der Waals surface area contributed by atoms with Gasteiger partial charge in [0, 0.05) is 58.5 Å². The standard InChI is InChI=1S/C23H32FN3O4/c24-20-4-2-1-3-19(20)15-21(28)26-8-10-27(11-9-26)23(7-14-31-17-23)16-25-22(29)18-5-12-30-13-6-18/h1-4,18H,5-17H2,(H,25,29). The third-order valence-corrected chi connectivity index (χ3v) is 6.87. The van der Waals surface area contributed by atoms with Gasteiger partial charge in [-0.05, 0) is 30.9 Å². The Morgan fingerprint density at radius 3 is 2.48 bits per heavy atom. The molecule has 4 rings (SSSR count). The number of carbonyl (C=O) groups is 2. The second-order valence-electron chi connectivity index (χ2n) is 8.77. The maximum absolute atomic E-state index is 13.9. The van der Waals surface area contributed by atoms with Gasteiger partial charge in [-0.1, -0.05) is 18.2 Å². The Bertz CT molecular complexity index is 770. The number of hydrogen-bond acceptors (Lipinski definition) is 5. The lowest BCUT2D eigenvalue weighted by atomic mass is 9.93. The molecule has 1 N–H and O–H groups in total. The van der Waals surface area contributed by atoms with E-state index in [9.17, 15) is 14.0 Å². The van der Waals surface area contributed by atoms with Crippen molar-refractivity contribution in [2.24, 2.45) is 5.92 Å². The number of amides is 2.